The fourth-order valence-electron chi connectivity index (χ4n) is 2.01. The molecule has 3 rings (SSSR count). The molecule has 0 saturated heterocycles. The minimum atomic E-state index is 0.784. The number of hydrogen-bond acceptors (Lipinski definition) is 3. The number of oxazole rings is 1. The number of nitrogens with one attached hydrogen (secondary N) is 1. The first kappa shape index (κ1) is 13.1. The zero-order valence-corrected chi connectivity index (χ0v) is 12.9. The summed E-state index contributed by atoms with van der Waals surface area (Å²) in [5, 5.41) is 3.50. The van der Waals surface area contributed by atoms with Crippen LogP contribution in [-0.2, 0) is 6.42 Å². The van der Waals surface area contributed by atoms with Crippen LogP contribution in [0, 0.1) is 3.57 Å². The van der Waals surface area contributed by atoms with E-state index in [1.54, 1.807) is 0 Å². The molecule has 3 nitrogen and oxygen atoms in total. The van der Waals surface area contributed by atoms with Crippen LogP contribution in [0.5, 0.6) is 0 Å². The van der Waals surface area contributed by atoms with Crippen LogP contribution in [0.25, 0.3) is 11.3 Å². The van der Waals surface area contributed by atoms with Crippen LogP contribution in [0.1, 0.15) is 25.2 Å². The van der Waals surface area contributed by atoms with Crippen molar-refractivity contribution in [2.24, 2.45) is 0 Å². The van der Waals surface area contributed by atoms with E-state index < -0.39 is 0 Å². The molecule has 19 heavy (non-hydrogen) atoms. The van der Waals surface area contributed by atoms with Crippen LogP contribution in [0.15, 0.2) is 34.9 Å². The molecule has 1 heterocycles. The van der Waals surface area contributed by atoms with Crippen molar-refractivity contribution in [2.75, 3.05) is 6.54 Å². The van der Waals surface area contributed by atoms with Crippen LogP contribution in [-0.4, -0.2) is 17.6 Å². The highest BCUT2D eigenvalue weighted by Gasteiger charge is 2.19. The molecule has 1 aromatic carbocycles. The van der Waals surface area contributed by atoms with Gasteiger partial charge in [-0.25, -0.2) is 4.98 Å². The van der Waals surface area contributed by atoms with E-state index in [-0.39, 0.29) is 0 Å². The Balaban J connectivity index is 1.54. The van der Waals surface area contributed by atoms with Crippen LogP contribution in [0.2, 0.25) is 0 Å². The smallest absolute Gasteiger partial charge is 0.194 e. The van der Waals surface area contributed by atoms with Crippen molar-refractivity contribution in [3.63, 3.8) is 0 Å². The number of halogens is 1. The van der Waals surface area contributed by atoms with Crippen molar-refractivity contribution in [1.82, 2.24) is 10.3 Å². The van der Waals surface area contributed by atoms with Gasteiger partial charge in [0.1, 0.15) is 0 Å². The average Bonchev–Trinajstić information content (AvgIpc) is 3.13. The molecule has 1 aromatic heterocycles. The SMILES string of the molecule is Ic1ccc(-c2cnc(CCCNC3CC3)o2)cc1. The molecule has 2 aromatic rings. The summed E-state index contributed by atoms with van der Waals surface area (Å²) in [6.07, 6.45) is 6.50. The fraction of sp³-hybridized carbons (Fsp3) is 0.400. The van der Waals surface area contributed by atoms with Gasteiger partial charge in [0.05, 0.1) is 6.20 Å². The predicted octanol–water partition coefficient (Wildman–Crippen LogP) is 3.63. The van der Waals surface area contributed by atoms with Gasteiger partial charge in [0.25, 0.3) is 0 Å². The summed E-state index contributed by atoms with van der Waals surface area (Å²) in [7, 11) is 0. The van der Waals surface area contributed by atoms with Crippen LogP contribution >= 0.6 is 22.6 Å². The largest absolute Gasteiger partial charge is 0.441 e. The Labute approximate surface area is 126 Å². The second-order valence-electron chi connectivity index (χ2n) is 4.96. The third kappa shape index (κ3) is 3.79. The molecule has 1 fully saturated rings. The second-order valence-corrected chi connectivity index (χ2v) is 6.20. The first-order chi connectivity index (χ1) is 9.31. The lowest BCUT2D eigenvalue weighted by molar-refractivity contribution is 0.491. The van der Waals surface area contributed by atoms with E-state index in [1.807, 2.05) is 6.20 Å². The summed E-state index contributed by atoms with van der Waals surface area (Å²) in [6, 6.07) is 9.09. The zero-order valence-electron chi connectivity index (χ0n) is 10.7. The number of nitrogens with zero attached hydrogens (tertiary/aromatic N) is 1. The summed E-state index contributed by atoms with van der Waals surface area (Å²) in [6.45, 7) is 1.06. The average molecular weight is 368 g/mol. The van der Waals surface area contributed by atoms with Gasteiger partial charge in [-0.2, -0.15) is 0 Å². The lowest BCUT2D eigenvalue weighted by Crippen LogP contribution is -2.17. The summed E-state index contributed by atoms with van der Waals surface area (Å²) in [4.78, 5) is 4.35. The van der Waals surface area contributed by atoms with E-state index in [1.165, 1.54) is 16.4 Å². The van der Waals surface area contributed by atoms with Gasteiger partial charge in [-0.1, -0.05) is 12.1 Å². The fourth-order valence-corrected chi connectivity index (χ4v) is 2.37. The lowest BCUT2D eigenvalue weighted by Gasteiger charge is -2.00. The number of aryl methyl sites for hydroxylation is 1. The van der Waals surface area contributed by atoms with Gasteiger partial charge in [0.2, 0.25) is 0 Å². The van der Waals surface area contributed by atoms with E-state index >= 15 is 0 Å². The predicted molar refractivity (Wildman–Crippen MR) is 84.0 cm³/mol. The normalized spacial score (nSPS) is 14.8. The topological polar surface area (TPSA) is 38.1 Å². The van der Waals surface area contributed by atoms with E-state index in [2.05, 4.69) is 57.2 Å². The Morgan fingerprint density at radius 3 is 2.79 bits per heavy atom. The van der Waals surface area contributed by atoms with Gasteiger partial charge in [-0.05, 0) is 60.5 Å². The van der Waals surface area contributed by atoms with Crippen molar-refractivity contribution < 1.29 is 4.42 Å². The highest BCUT2D eigenvalue weighted by atomic mass is 127. The minimum absolute atomic E-state index is 0.784. The molecule has 0 spiro atoms. The summed E-state index contributed by atoms with van der Waals surface area (Å²) >= 11 is 2.30. The molecule has 1 aliphatic carbocycles. The second kappa shape index (κ2) is 6.05. The molecule has 0 unspecified atom stereocenters. The molecule has 0 radical (unpaired) electrons. The molecule has 4 heteroatoms. The molecule has 1 N–H and O–H groups in total. The van der Waals surface area contributed by atoms with Crippen molar-refractivity contribution >= 4 is 22.6 Å². The van der Waals surface area contributed by atoms with E-state index in [9.17, 15) is 0 Å². The minimum Gasteiger partial charge on any atom is -0.441 e. The number of benzene rings is 1. The van der Waals surface area contributed by atoms with Crippen LogP contribution in [0.3, 0.4) is 0 Å². The molecule has 0 bridgehead atoms. The molecular formula is C15H17IN2O. The molecule has 0 amide bonds. The third-order valence-corrected chi connectivity index (χ3v) is 3.98. The Kier molecular flexibility index (Phi) is 4.18. The first-order valence-electron chi connectivity index (χ1n) is 6.75. The van der Waals surface area contributed by atoms with Crippen molar-refractivity contribution in [3.05, 3.63) is 39.9 Å². The van der Waals surface area contributed by atoms with Crippen molar-refractivity contribution in [1.29, 1.82) is 0 Å². The monoisotopic (exact) mass is 368 g/mol. The quantitative estimate of drug-likeness (QED) is 0.625. The van der Waals surface area contributed by atoms with Gasteiger partial charge in [-0.15, -0.1) is 0 Å². The zero-order chi connectivity index (χ0) is 13.1. The van der Waals surface area contributed by atoms with E-state index in [0.717, 1.165) is 42.6 Å². The molecule has 1 saturated carbocycles. The molecular weight excluding hydrogens is 351 g/mol. The summed E-state index contributed by atoms with van der Waals surface area (Å²) < 4.78 is 7.02. The number of aromatic nitrogens is 1. The van der Waals surface area contributed by atoms with Crippen LogP contribution in [0.4, 0.5) is 0 Å². The third-order valence-electron chi connectivity index (χ3n) is 3.26. The first-order valence-corrected chi connectivity index (χ1v) is 7.83. The lowest BCUT2D eigenvalue weighted by atomic mass is 10.2. The Morgan fingerprint density at radius 2 is 2.05 bits per heavy atom. The highest BCUT2D eigenvalue weighted by Crippen LogP contribution is 2.22. The summed E-state index contributed by atoms with van der Waals surface area (Å²) in [5.41, 5.74) is 1.09. The Bertz CT molecular complexity index is 531. The standard InChI is InChI=1S/C15H17IN2O/c16-12-5-3-11(4-6-12)14-10-18-15(19-14)2-1-9-17-13-7-8-13/h3-6,10,13,17H,1-2,7-9H2. The molecule has 0 atom stereocenters. The van der Waals surface area contributed by atoms with E-state index in [4.69, 9.17) is 4.42 Å². The van der Waals surface area contributed by atoms with E-state index in [0.29, 0.717) is 0 Å². The Morgan fingerprint density at radius 1 is 1.26 bits per heavy atom. The maximum absolute atomic E-state index is 5.79. The highest BCUT2D eigenvalue weighted by molar-refractivity contribution is 14.1. The maximum atomic E-state index is 5.79. The van der Waals surface area contributed by atoms with Gasteiger partial charge in [-0.3, -0.25) is 0 Å². The molecule has 100 valence electrons. The Hall–Kier alpha value is -0.880. The van der Waals surface area contributed by atoms with Gasteiger partial charge in [0.15, 0.2) is 11.7 Å². The van der Waals surface area contributed by atoms with Gasteiger partial charge in [0, 0.05) is 21.6 Å². The van der Waals surface area contributed by atoms with Crippen molar-refractivity contribution in [2.45, 2.75) is 31.7 Å². The molecule has 1 aliphatic rings. The van der Waals surface area contributed by atoms with Crippen molar-refractivity contribution in [3.8, 4) is 11.3 Å². The maximum Gasteiger partial charge on any atom is 0.194 e. The summed E-state index contributed by atoms with van der Waals surface area (Å²) in [5.74, 6) is 1.70. The van der Waals surface area contributed by atoms with Gasteiger partial charge >= 0.3 is 0 Å². The molecule has 0 aliphatic heterocycles. The van der Waals surface area contributed by atoms with Gasteiger partial charge < -0.3 is 9.73 Å². The number of hydrogen-bond donors (Lipinski definition) is 1. The van der Waals surface area contributed by atoms with Crippen LogP contribution < -0.4 is 5.32 Å². The number of rotatable bonds is 6.